The van der Waals surface area contributed by atoms with Crippen molar-refractivity contribution in [3.63, 3.8) is 0 Å². The molecule has 0 saturated carbocycles. The molecule has 1 aliphatic rings. The number of aliphatic imine (C=N–C) groups is 1. The Morgan fingerprint density at radius 1 is 1.41 bits per heavy atom. The number of rotatable bonds is 3. The zero-order valence-corrected chi connectivity index (χ0v) is 9.87. The van der Waals surface area contributed by atoms with E-state index in [4.69, 9.17) is 0 Å². The minimum Gasteiger partial charge on any atom is -0.279 e. The SMILES string of the molecule is CCC1=N[C@@H](c2ccccc2)[C@H]([N+](=O)[O-])CC1. The van der Waals surface area contributed by atoms with Crippen LogP contribution in [-0.2, 0) is 0 Å². The summed E-state index contributed by atoms with van der Waals surface area (Å²) in [6.45, 7) is 2.05. The summed E-state index contributed by atoms with van der Waals surface area (Å²) in [5.74, 6) is 0. The zero-order valence-electron chi connectivity index (χ0n) is 9.87. The third-order valence-corrected chi connectivity index (χ3v) is 3.23. The van der Waals surface area contributed by atoms with Crippen LogP contribution in [0.25, 0.3) is 0 Å². The van der Waals surface area contributed by atoms with E-state index in [2.05, 4.69) is 4.99 Å². The summed E-state index contributed by atoms with van der Waals surface area (Å²) in [6.07, 6.45) is 2.23. The highest BCUT2D eigenvalue weighted by Crippen LogP contribution is 2.30. The summed E-state index contributed by atoms with van der Waals surface area (Å²) in [7, 11) is 0. The maximum atomic E-state index is 11.1. The van der Waals surface area contributed by atoms with Crippen molar-refractivity contribution in [3.8, 4) is 0 Å². The molecule has 90 valence electrons. The van der Waals surface area contributed by atoms with Crippen LogP contribution in [0.15, 0.2) is 35.3 Å². The molecule has 2 rings (SSSR count). The fraction of sp³-hybridized carbons (Fsp3) is 0.462. The molecular formula is C13H16N2O2. The normalized spacial score (nSPS) is 24.2. The Balaban J connectivity index is 2.34. The van der Waals surface area contributed by atoms with Crippen molar-refractivity contribution in [1.82, 2.24) is 0 Å². The highest BCUT2D eigenvalue weighted by atomic mass is 16.6. The average molecular weight is 232 g/mol. The van der Waals surface area contributed by atoms with Gasteiger partial charge in [0.25, 0.3) is 0 Å². The second-order valence-corrected chi connectivity index (χ2v) is 4.30. The molecule has 0 amide bonds. The van der Waals surface area contributed by atoms with Gasteiger partial charge >= 0.3 is 0 Å². The van der Waals surface area contributed by atoms with Crippen molar-refractivity contribution in [2.45, 2.75) is 38.3 Å². The van der Waals surface area contributed by atoms with E-state index in [1.165, 1.54) is 0 Å². The van der Waals surface area contributed by atoms with Crippen LogP contribution in [0.3, 0.4) is 0 Å². The maximum Gasteiger partial charge on any atom is 0.239 e. The van der Waals surface area contributed by atoms with Crippen molar-refractivity contribution in [2.75, 3.05) is 0 Å². The highest BCUT2D eigenvalue weighted by Gasteiger charge is 2.35. The predicted octanol–water partition coefficient (Wildman–Crippen LogP) is 3.02. The summed E-state index contributed by atoms with van der Waals surface area (Å²) >= 11 is 0. The number of nitro groups is 1. The number of hydrogen-bond donors (Lipinski definition) is 0. The first-order valence-electron chi connectivity index (χ1n) is 5.96. The molecule has 0 aliphatic carbocycles. The first-order chi connectivity index (χ1) is 8.22. The van der Waals surface area contributed by atoms with Gasteiger partial charge in [-0.2, -0.15) is 0 Å². The highest BCUT2D eigenvalue weighted by molar-refractivity contribution is 5.85. The first kappa shape index (κ1) is 11.8. The Hall–Kier alpha value is -1.71. The Morgan fingerprint density at radius 3 is 2.71 bits per heavy atom. The maximum absolute atomic E-state index is 11.1. The van der Waals surface area contributed by atoms with Gasteiger partial charge in [-0.25, -0.2) is 0 Å². The molecule has 0 unspecified atom stereocenters. The quantitative estimate of drug-likeness (QED) is 0.594. The molecule has 2 atom stereocenters. The molecule has 0 saturated heterocycles. The van der Waals surface area contributed by atoms with Crippen LogP contribution in [-0.4, -0.2) is 16.7 Å². The molecule has 0 radical (unpaired) electrons. The minimum atomic E-state index is -0.576. The summed E-state index contributed by atoms with van der Waals surface area (Å²) in [5, 5.41) is 11.1. The Bertz CT molecular complexity index is 428. The molecule has 1 aromatic carbocycles. The summed E-state index contributed by atoms with van der Waals surface area (Å²) in [4.78, 5) is 15.4. The van der Waals surface area contributed by atoms with E-state index < -0.39 is 6.04 Å². The van der Waals surface area contributed by atoms with Gasteiger partial charge in [-0.05, 0) is 18.4 Å². The minimum absolute atomic E-state index is 0.187. The van der Waals surface area contributed by atoms with Crippen molar-refractivity contribution >= 4 is 5.71 Å². The van der Waals surface area contributed by atoms with Crippen LogP contribution < -0.4 is 0 Å². The van der Waals surface area contributed by atoms with Crippen molar-refractivity contribution in [3.05, 3.63) is 46.0 Å². The van der Waals surface area contributed by atoms with Crippen molar-refractivity contribution in [1.29, 1.82) is 0 Å². The molecule has 1 heterocycles. The van der Waals surface area contributed by atoms with Gasteiger partial charge in [-0.3, -0.25) is 15.1 Å². The molecule has 1 aromatic rings. The summed E-state index contributed by atoms with van der Waals surface area (Å²) < 4.78 is 0. The largest absolute Gasteiger partial charge is 0.279 e. The van der Waals surface area contributed by atoms with Gasteiger partial charge in [0.15, 0.2) is 0 Å². The second kappa shape index (κ2) is 5.08. The molecule has 0 N–H and O–H groups in total. The molecule has 1 aliphatic heterocycles. The molecule has 0 aromatic heterocycles. The van der Waals surface area contributed by atoms with E-state index in [-0.39, 0.29) is 11.0 Å². The van der Waals surface area contributed by atoms with E-state index in [1.807, 2.05) is 37.3 Å². The van der Waals surface area contributed by atoms with Gasteiger partial charge in [-0.1, -0.05) is 37.3 Å². The lowest BCUT2D eigenvalue weighted by Crippen LogP contribution is -2.31. The van der Waals surface area contributed by atoms with Crippen molar-refractivity contribution < 1.29 is 4.92 Å². The van der Waals surface area contributed by atoms with E-state index in [0.717, 1.165) is 24.1 Å². The number of nitrogens with zero attached hydrogens (tertiary/aromatic N) is 2. The molecule has 0 fully saturated rings. The lowest BCUT2D eigenvalue weighted by molar-refractivity contribution is -0.528. The number of hydrogen-bond acceptors (Lipinski definition) is 3. The standard InChI is InChI=1S/C13H16N2O2/c1-2-11-8-9-12(15(16)17)13(14-11)10-6-4-3-5-7-10/h3-7,12-13H,2,8-9H2,1H3/t12-,13+/m1/s1. The fourth-order valence-electron chi connectivity index (χ4n) is 2.26. The fourth-order valence-corrected chi connectivity index (χ4v) is 2.26. The monoisotopic (exact) mass is 232 g/mol. The van der Waals surface area contributed by atoms with Crippen LogP contribution in [0.1, 0.15) is 37.8 Å². The predicted molar refractivity (Wildman–Crippen MR) is 66.9 cm³/mol. The summed E-state index contributed by atoms with van der Waals surface area (Å²) in [6, 6.07) is 8.68. The first-order valence-corrected chi connectivity index (χ1v) is 5.96. The third-order valence-electron chi connectivity index (χ3n) is 3.23. The molecule has 4 heteroatoms. The van der Waals surface area contributed by atoms with Crippen molar-refractivity contribution in [2.24, 2.45) is 4.99 Å². The smallest absolute Gasteiger partial charge is 0.239 e. The van der Waals surface area contributed by atoms with Crippen LogP contribution in [0.2, 0.25) is 0 Å². The second-order valence-electron chi connectivity index (χ2n) is 4.30. The van der Waals surface area contributed by atoms with Gasteiger partial charge in [0.05, 0.1) is 0 Å². The van der Waals surface area contributed by atoms with Gasteiger partial charge < -0.3 is 0 Å². The van der Waals surface area contributed by atoms with Crippen LogP contribution >= 0.6 is 0 Å². The van der Waals surface area contributed by atoms with Gasteiger partial charge in [0.2, 0.25) is 6.04 Å². The third kappa shape index (κ3) is 2.52. The van der Waals surface area contributed by atoms with Crippen LogP contribution in [0, 0.1) is 10.1 Å². The van der Waals surface area contributed by atoms with Gasteiger partial charge in [0, 0.05) is 17.1 Å². The topological polar surface area (TPSA) is 55.5 Å². The molecular weight excluding hydrogens is 216 g/mol. The van der Waals surface area contributed by atoms with Crippen LogP contribution in [0.5, 0.6) is 0 Å². The van der Waals surface area contributed by atoms with E-state index >= 15 is 0 Å². The summed E-state index contributed by atoms with van der Waals surface area (Å²) in [5.41, 5.74) is 2.04. The molecule has 0 bridgehead atoms. The Kier molecular flexibility index (Phi) is 3.52. The van der Waals surface area contributed by atoms with E-state index in [0.29, 0.717) is 6.42 Å². The average Bonchev–Trinajstić information content (AvgIpc) is 2.39. The van der Waals surface area contributed by atoms with E-state index in [9.17, 15) is 10.1 Å². The Labute approximate surface area is 101 Å². The van der Waals surface area contributed by atoms with Gasteiger partial charge in [-0.15, -0.1) is 0 Å². The van der Waals surface area contributed by atoms with Gasteiger partial charge in [0.1, 0.15) is 6.04 Å². The zero-order chi connectivity index (χ0) is 12.3. The molecule has 0 spiro atoms. The lowest BCUT2D eigenvalue weighted by atomic mass is 9.91. The molecule has 17 heavy (non-hydrogen) atoms. The van der Waals surface area contributed by atoms with Crippen LogP contribution in [0.4, 0.5) is 0 Å². The Morgan fingerprint density at radius 2 is 2.12 bits per heavy atom. The lowest BCUT2D eigenvalue weighted by Gasteiger charge is -2.23. The number of benzene rings is 1. The molecule has 4 nitrogen and oxygen atoms in total. The van der Waals surface area contributed by atoms with E-state index in [1.54, 1.807) is 0 Å².